The first-order valence-corrected chi connectivity index (χ1v) is 6.98. The minimum atomic E-state index is 0. The minimum Gasteiger partial charge on any atom is -0.355 e. The Morgan fingerprint density at radius 1 is 1.69 bits per heavy atom. The Labute approximate surface area is 108 Å². The Hall–Kier alpha value is 0.0700. The molecule has 1 heterocycles. The van der Waals surface area contributed by atoms with Crippen LogP contribution in [0.5, 0.6) is 0 Å². The number of rotatable bonds is 4. The van der Waals surface area contributed by atoms with Crippen LogP contribution in [0.2, 0.25) is 0 Å². The number of amides is 1. The molecule has 3 atom stereocenters. The quantitative estimate of drug-likeness (QED) is 0.804. The van der Waals surface area contributed by atoms with Crippen molar-refractivity contribution >= 4 is 30.1 Å². The molecule has 2 rings (SSSR count). The van der Waals surface area contributed by atoms with E-state index in [0.29, 0.717) is 16.6 Å². The summed E-state index contributed by atoms with van der Waals surface area (Å²) in [5.41, 5.74) is 0.340. The van der Waals surface area contributed by atoms with Gasteiger partial charge in [-0.05, 0) is 31.1 Å². The van der Waals surface area contributed by atoms with Crippen LogP contribution < -0.4 is 10.6 Å². The van der Waals surface area contributed by atoms with E-state index in [1.54, 1.807) is 11.8 Å². The fourth-order valence-corrected chi connectivity index (χ4v) is 2.65. The van der Waals surface area contributed by atoms with Crippen molar-refractivity contribution in [2.24, 2.45) is 11.3 Å². The van der Waals surface area contributed by atoms with Crippen molar-refractivity contribution in [3.8, 4) is 0 Å². The first kappa shape index (κ1) is 14.1. The zero-order chi connectivity index (χ0) is 10.9. The molecule has 3 nitrogen and oxygen atoms in total. The molecule has 1 amide bonds. The van der Waals surface area contributed by atoms with Crippen molar-refractivity contribution in [1.29, 1.82) is 0 Å². The summed E-state index contributed by atoms with van der Waals surface area (Å²) in [6, 6.07) is 0. The highest BCUT2D eigenvalue weighted by atomic mass is 35.5. The fraction of sp³-hybridized carbons (Fsp3) is 0.909. The van der Waals surface area contributed by atoms with Crippen LogP contribution in [0.4, 0.5) is 0 Å². The number of carbonyl (C=O) groups excluding carboxylic acids is 1. The molecule has 1 saturated heterocycles. The second-order valence-electron chi connectivity index (χ2n) is 4.84. The average Bonchev–Trinajstić information content (AvgIpc) is 2.73. The van der Waals surface area contributed by atoms with E-state index in [2.05, 4.69) is 23.8 Å². The second-order valence-corrected chi connectivity index (χ2v) is 6.11. The van der Waals surface area contributed by atoms with Crippen LogP contribution in [0.15, 0.2) is 0 Å². The topological polar surface area (TPSA) is 41.1 Å². The Kier molecular flexibility index (Phi) is 4.95. The van der Waals surface area contributed by atoms with Crippen LogP contribution >= 0.6 is 24.2 Å². The summed E-state index contributed by atoms with van der Waals surface area (Å²) >= 11 is 1.80. The summed E-state index contributed by atoms with van der Waals surface area (Å²) in [5, 5.41) is 6.93. The van der Waals surface area contributed by atoms with Gasteiger partial charge in [0.1, 0.15) is 0 Å². The van der Waals surface area contributed by atoms with Crippen LogP contribution in [0.1, 0.15) is 19.8 Å². The first-order chi connectivity index (χ1) is 7.18. The van der Waals surface area contributed by atoms with Crippen LogP contribution in [0, 0.1) is 11.3 Å². The molecule has 0 aromatic heterocycles. The van der Waals surface area contributed by atoms with Crippen molar-refractivity contribution < 1.29 is 4.79 Å². The molecule has 2 fully saturated rings. The third-order valence-electron chi connectivity index (χ3n) is 3.75. The molecule has 1 aliphatic heterocycles. The maximum atomic E-state index is 11.8. The first-order valence-electron chi connectivity index (χ1n) is 5.69. The van der Waals surface area contributed by atoms with E-state index in [4.69, 9.17) is 0 Å². The summed E-state index contributed by atoms with van der Waals surface area (Å²) in [6.07, 6.45) is 4.36. The molecular formula is C11H21ClN2OS. The molecule has 1 aliphatic carbocycles. The number of hydrogen-bond donors (Lipinski definition) is 2. The summed E-state index contributed by atoms with van der Waals surface area (Å²) in [7, 11) is 0. The SMILES string of the molecule is CSC(C)CNC(=O)C1CC12CCNC2.Cl. The summed E-state index contributed by atoms with van der Waals surface area (Å²) in [4.78, 5) is 11.8. The Bertz CT molecular complexity index is 256. The lowest BCUT2D eigenvalue weighted by Gasteiger charge is -2.11. The van der Waals surface area contributed by atoms with Crippen LogP contribution in [0.25, 0.3) is 0 Å². The van der Waals surface area contributed by atoms with Gasteiger partial charge in [-0.2, -0.15) is 11.8 Å². The number of halogens is 1. The van der Waals surface area contributed by atoms with Gasteiger partial charge in [-0.1, -0.05) is 6.92 Å². The molecule has 16 heavy (non-hydrogen) atoms. The minimum absolute atomic E-state index is 0. The van der Waals surface area contributed by atoms with Crippen molar-refractivity contribution in [1.82, 2.24) is 10.6 Å². The van der Waals surface area contributed by atoms with Crippen LogP contribution in [-0.2, 0) is 4.79 Å². The normalized spacial score (nSPS) is 33.2. The van der Waals surface area contributed by atoms with E-state index >= 15 is 0 Å². The number of carbonyl (C=O) groups is 1. The molecule has 2 aliphatic rings. The van der Waals surface area contributed by atoms with E-state index in [1.165, 1.54) is 6.42 Å². The number of nitrogens with one attached hydrogen (secondary N) is 2. The Morgan fingerprint density at radius 3 is 3.00 bits per heavy atom. The smallest absolute Gasteiger partial charge is 0.223 e. The van der Waals surface area contributed by atoms with Gasteiger partial charge in [0.15, 0.2) is 0 Å². The van der Waals surface area contributed by atoms with Crippen molar-refractivity contribution in [3.63, 3.8) is 0 Å². The van der Waals surface area contributed by atoms with Crippen molar-refractivity contribution in [2.75, 3.05) is 25.9 Å². The molecule has 0 radical (unpaired) electrons. The highest BCUT2D eigenvalue weighted by molar-refractivity contribution is 7.99. The Morgan fingerprint density at radius 2 is 2.44 bits per heavy atom. The van der Waals surface area contributed by atoms with E-state index in [-0.39, 0.29) is 18.3 Å². The molecule has 5 heteroatoms. The summed E-state index contributed by atoms with van der Waals surface area (Å²) in [6.45, 7) is 5.08. The third kappa shape index (κ3) is 2.84. The van der Waals surface area contributed by atoms with Crippen molar-refractivity contribution in [3.05, 3.63) is 0 Å². The maximum Gasteiger partial charge on any atom is 0.223 e. The van der Waals surface area contributed by atoms with E-state index in [1.807, 2.05) is 0 Å². The van der Waals surface area contributed by atoms with E-state index < -0.39 is 0 Å². The lowest BCUT2D eigenvalue weighted by Crippen LogP contribution is -2.32. The number of thioether (sulfide) groups is 1. The average molecular weight is 265 g/mol. The zero-order valence-corrected chi connectivity index (χ0v) is 11.5. The largest absolute Gasteiger partial charge is 0.355 e. The van der Waals surface area contributed by atoms with Gasteiger partial charge in [0.25, 0.3) is 0 Å². The van der Waals surface area contributed by atoms with Crippen molar-refractivity contribution in [2.45, 2.75) is 25.0 Å². The van der Waals surface area contributed by atoms with E-state index in [9.17, 15) is 4.79 Å². The van der Waals surface area contributed by atoms with Gasteiger partial charge in [-0.15, -0.1) is 12.4 Å². The predicted molar refractivity (Wildman–Crippen MR) is 71.3 cm³/mol. The fourth-order valence-electron chi connectivity index (χ4n) is 2.40. The third-order valence-corrected chi connectivity index (χ3v) is 4.72. The van der Waals surface area contributed by atoms with Gasteiger partial charge < -0.3 is 10.6 Å². The highest BCUT2D eigenvalue weighted by Crippen LogP contribution is 2.56. The molecule has 1 saturated carbocycles. The van der Waals surface area contributed by atoms with Gasteiger partial charge in [0.05, 0.1) is 0 Å². The lowest BCUT2D eigenvalue weighted by molar-refractivity contribution is -0.123. The molecule has 0 aromatic rings. The zero-order valence-electron chi connectivity index (χ0n) is 9.91. The summed E-state index contributed by atoms with van der Waals surface area (Å²) < 4.78 is 0. The van der Waals surface area contributed by atoms with Gasteiger partial charge in [-0.3, -0.25) is 4.79 Å². The van der Waals surface area contributed by atoms with Crippen LogP contribution in [-0.4, -0.2) is 37.0 Å². The second kappa shape index (κ2) is 5.61. The van der Waals surface area contributed by atoms with Crippen LogP contribution in [0.3, 0.4) is 0 Å². The standard InChI is InChI=1S/C11H20N2OS.ClH/c1-8(15-2)6-13-10(14)9-5-11(9)3-4-12-7-11;/h8-9,12H,3-7H2,1-2H3,(H,13,14);1H. The molecule has 1 spiro atoms. The maximum absolute atomic E-state index is 11.8. The number of hydrogen-bond acceptors (Lipinski definition) is 3. The molecule has 0 aromatic carbocycles. The van der Waals surface area contributed by atoms with Gasteiger partial charge in [-0.25, -0.2) is 0 Å². The molecule has 3 unspecified atom stereocenters. The highest BCUT2D eigenvalue weighted by Gasteiger charge is 2.58. The molecule has 0 bridgehead atoms. The predicted octanol–water partition coefficient (Wildman–Crippen LogP) is 1.28. The lowest BCUT2D eigenvalue weighted by atomic mass is 10.0. The monoisotopic (exact) mass is 264 g/mol. The summed E-state index contributed by atoms with van der Waals surface area (Å²) in [5.74, 6) is 0.571. The molecule has 2 N–H and O–H groups in total. The molecular weight excluding hydrogens is 244 g/mol. The molecule has 94 valence electrons. The Balaban J connectivity index is 0.00000128. The van der Waals surface area contributed by atoms with E-state index in [0.717, 1.165) is 26.1 Å². The van der Waals surface area contributed by atoms with Gasteiger partial charge >= 0.3 is 0 Å². The van der Waals surface area contributed by atoms with Gasteiger partial charge in [0, 0.05) is 24.3 Å². The van der Waals surface area contributed by atoms with Gasteiger partial charge in [0.2, 0.25) is 5.91 Å².